The van der Waals surface area contributed by atoms with Crippen LogP contribution in [0.15, 0.2) is 90.0 Å². The first-order valence-electron chi connectivity index (χ1n) is 10.6. The highest BCUT2D eigenvalue weighted by molar-refractivity contribution is 7.90. The van der Waals surface area contributed by atoms with Gasteiger partial charge in [0, 0.05) is 50.0 Å². The summed E-state index contributed by atoms with van der Waals surface area (Å²) in [4.78, 5) is 4.82. The van der Waals surface area contributed by atoms with Crippen molar-refractivity contribution in [1.29, 1.82) is 0 Å². The minimum Gasteiger partial charge on any atom is -0.368 e. The van der Waals surface area contributed by atoms with Gasteiger partial charge in [-0.25, -0.2) is 16.8 Å². The molecule has 4 aromatic rings. The van der Waals surface area contributed by atoms with E-state index in [-0.39, 0.29) is 4.90 Å². The molecule has 0 amide bonds. The van der Waals surface area contributed by atoms with Crippen LogP contribution in [0.5, 0.6) is 0 Å². The van der Waals surface area contributed by atoms with Crippen LogP contribution in [0.1, 0.15) is 5.56 Å². The van der Waals surface area contributed by atoms with Gasteiger partial charge in [0.25, 0.3) is 10.0 Å². The number of piperazine rings is 1. The van der Waals surface area contributed by atoms with Crippen molar-refractivity contribution in [3.05, 3.63) is 96.4 Å². The van der Waals surface area contributed by atoms with Gasteiger partial charge < -0.3 is 4.90 Å². The van der Waals surface area contributed by atoms with Crippen molar-refractivity contribution in [3.8, 4) is 0 Å². The zero-order chi connectivity index (χ0) is 22.1. The number of hydrogen-bond donors (Lipinski definition) is 0. The summed E-state index contributed by atoms with van der Waals surface area (Å²) in [6, 6.07) is 23.0. The molecule has 0 spiro atoms. The molecule has 0 radical (unpaired) electrons. The van der Waals surface area contributed by atoms with Gasteiger partial charge in [0.15, 0.2) is 0 Å². The lowest BCUT2D eigenvalue weighted by molar-refractivity contribution is 0.250. The molecule has 0 aliphatic carbocycles. The Labute approximate surface area is 187 Å². The molecule has 1 aromatic heterocycles. The van der Waals surface area contributed by atoms with E-state index < -0.39 is 15.8 Å². The summed E-state index contributed by atoms with van der Waals surface area (Å²) < 4.78 is 40.8. The second kappa shape index (κ2) is 8.41. The Bertz CT molecular complexity index is 1330. The van der Waals surface area contributed by atoms with E-state index in [4.69, 9.17) is 0 Å². The predicted molar refractivity (Wildman–Crippen MR) is 125 cm³/mol. The number of fused-ring (bicyclic) bond motifs is 1. The summed E-state index contributed by atoms with van der Waals surface area (Å²) in [5.41, 5.74) is 2.97. The van der Waals surface area contributed by atoms with Gasteiger partial charge in [0.2, 0.25) is 0 Å². The van der Waals surface area contributed by atoms with Gasteiger partial charge in [-0.2, -0.15) is 0 Å². The molecule has 5 nitrogen and oxygen atoms in total. The minimum absolute atomic E-state index is 0.0660. The highest BCUT2D eigenvalue weighted by Crippen LogP contribution is 2.31. The third-order valence-electron chi connectivity index (χ3n) is 6.01. The minimum atomic E-state index is -3.81. The number of aromatic nitrogens is 1. The number of anilines is 1. The molecule has 2 heterocycles. The van der Waals surface area contributed by atoms with Crippen LogP contribution in [-0.4, -0.2) is 43.5 Å². The fourth-order valence-corrected chi connectivity index (χ4v) is 5.67. The topological polar surface area (TPSA) is 45.6 Å². The number of rotatable bonds is 5. The molecule has 0 bridgehead atoms. The Kier molecular flexibility index (Phi) is 5.45. The summed E-state index contributed by atoms with van der Waals surface area (Å²) in [5.74, 6) is -0.463. The Hall–Kier alpha value is -3.16. The lowest BCUT2D eigenvalue weighted by atomic mass is 10.1. The molecule has 0 saturated carbocycles. The number of hydrogen-bond acceptors (Lipinski definition) is 4. The highest BCUT2D eigenvalue weighted by atomic mass is 32.2. The smallest absolute Gasteiger partial charge is 0.268 e. The summed E-state index contributed by atoms with van der Waals surface area (Å²) >= 11 is 0. The third kappa shape index (κ3) is 3.89. The van der Waals surface area contributed by atoms with Crippen LogP contribution >= 0.6 is 0 Å². The first-order valence-corrected chi connectivity index (χ1v) is 12.1. The van der Waals surface area contributed by atoms with Crippen LogP contribution in [0.4, 0.5) is 10.1 Å². The summed E-state index contributed by atoms with van der Waals surface area (Å²) in [6.07, 6.45) is 1.58. The summed E-state index contributed by atoms with van der Waals surface area (Å²) in [7, 11) is -3.81. The maximum absolute atomic E-state index is 13.3. The molecular formula is C25H24FN3O2S. The number of benzene rings is 3. The van der Waals surface area contributed by atoms with E-state index in [9.17, 15) is 12.8 Å². The average molecular weight is 450 g/mol. The molecule has 1 aliphatic rings. The highest BCUT2D eigenvalue weighted by Gasteiger charge is 2.23. The van der Waals surface area contributed by atoms with Crippen LogP contribution in [-0.2, 0) is 16.6 Å². The van der Waals surface area contributed by atoms with E-state index in [0.717, 1.165) is 43.8 Å². The maximum atomic E-state index is 13.3. The molecule has 0 unspecified atom stereocenters. The number of halogens is 1. The first kappa shape index (κ1) is 20.7. The zero-order valence-corrected chi connectivity index (χ0v) is 18.4. The second-order valence-corrected chi connectivity index (χ2v) is 9.84. The maximum Gasteiger partial charge on any atom is 0.268 e. The van der Waals surface area contributed by atoms with Gasteiger partial charge in [-0.3, -0.25) is 4.90 Å². The number of nitrogens with zero attached hydrogens (tertiary/aromatic N) is 3. The van der Waals surface area contributed by atoms with Gasteiger partial charge in [-0.1, -0.05) is 36.4 Å². The lowest BCUT2D eigenvalue weighted by Gasteiger charge is -2.36. The Morgan fingerprint density at radius 1 is 0.781 bits per heavy atom. The summed E-state index contributed by atoms with van der Waals surface area (Å²) in [5, 5.41) is 0.898. The summed E-state index contributed by atoms with van der Waals surface area (Å²) in [6.45, 7) is 4.58. The van der Waals surface area contributed by atoms with Crippen molar-refractivity contribution in [2.45, 2.75) is 11.4 Å². The van der Waals surface area contributed by atoms with Crippen molar-refractivity contribution >= 4 is 26.6 Å². The molecule has 1 aliphatic heterocycles. The standard InChI is InChI=1S/C25H24FN3O2S/c26-21-9-11-22(12-10-21)32(30,31)29-14-13-23-24(7-4-8-25(23)29)28-17-15-27(16-18-28)19-20-5-2-1-3-6-20/h1-14H,15-19H2. The largest absolute Gasteiger partial charge is 0.368 e. The van der Waals surface area contributed by atoms with E-state index in [1.807, 2.05) is 30.3 Å². The van der Waals surface area contributed by atoms with Gasteiger partial charge >= 0.3 is 0 Å². The molecule has 0 atom stereocenters. The fourth-order valence-electron chi connectivity index (χ4n) is 4.32. The molecule has 3 aromatic carbocycles. The molecule has 0 N–H and O–H groups in total. The van der Waals surface area contributed by atoms with Gasteiger partial charge in [0.1, 0.15) is 5.82 Å². The van der Waals surface area contributed by atoms with Crippen molar-refractivity contribution < 1.29 is 12.8 Å². The second-order valence-electron chi connectivity index (χ2n) is 8.03. The van der Waals surface area contributed by atoms with Crippen molar-refractivity contribution in [2.75, 3.05) is 31.1 Å². The molecule has 7 heteroatoms. The van der Waals surface area contributed by atoms with Crippen LogP contribution in [0.25, 0.3) is 10.9 Å². The van der Waals surface area contributed by atoms with E-state index in [1.54, 1.807) is 6.20 Å². The van der Waals surface area contributed by atoms with Crippen LogP contribution in [0.2, 0.25) is 0 Å². The van der Waals surface area contributed by atoms with E-state index >= 15 is 0 Å². The quantitative estimate of drug-likeness (QED) is 0.455. The van der Waals surface area contributed by atoms with Crippen molar-refractivity contribution in [2.24, 2.45) is 0 Å². The Balaban J connectivity index is 1.39. The van der Waals surface area contributed by atoms with Crippen LogP contribution < -0.4 is 4.90 Å². The average Bonchev–Trinajstić information content (AvgIpc) is 3.26. The van der Waals surface area contributed by atoms with Crippen molar-refractivity contribution in [3.63, 3.8) is 0 Å². The molecule has 164 valence electrons. The van der Waals surface area contributed by atoms with Crippen molar-refractivity contribution in [1.82, 2.24) is 8.87 Å². The molecule has 5 rings (SSSR count). The monoisotopic (exact) mass is 449 g/mol. The molecular weight excluding hydrogens is 425 g/mol. The normalized spacial score (nSPS) is 15.3. The Morgan fingerprint density at radius 3 is 2.22 bits per heavy atom. The van der Waals surface area contributed by atoms with Gasteiger partial charge in [0.05, 0.1) is 10.4 Å². The third-order valence-corrected chi connectivity index (χ3v) is 7.71. The zero-order valence-electron chi connectivity index (χ0n) is 17.6. The predicted octanol–water partition coefficient (Wildman–Crippen LogP) is 4.34. The van der Waals surface area contributed by atoms with Gasteiger partial charge in [-0.05, 0) is 48.0 Å². The lowest BCUT2D eigenvalue weighted by Crippen LogP contribution is -2.46. The van der Waals surface area contributed by atoms with Gasteiger partial charge in [-0.15, -0.1) is 0 Å². The molecule has 32 heavy (non-hydrogen) atoms. The SMILES string of the molecule is O=S(=O)(c1ccc(F)cc1)n1ccc2c(N3CCN(Cc4ccccc4)CC3)cccc21. The van der Waals surface area contributed by atoms with Crippen LogP contribution in [0, 0.1) is 5.82 Å². The fraction of sp³-hybridized carbons (Fsp3) is 0.200. The first-order chi connectivity index (χ1) is 15.5. The molecule has 1 saturated heterocycles. The van der Waals surface area contributed by atoms with E-state index in [2.05, 4.69) is 34.1 Å². The molecule has 1 fully saturated rings. The van der Waals surface area contributed by atoms with E-state index in [1.165, 1.54) is 33.8 Å². The Morgan fingerprint density at radius 2 is 1.50 bits per heavy atom. The van der Waals surface area contributed by atoms with Crippen LogP contribution in [0.3, 0.4) is 0 Å². The van der Waals surface area contributed by atoms with E-state index in [0.29, 0.717) is 5.52 Å².